The molecule has 1 aliphatic heterocycles. The number of alkyl halides is 6. The monoisotopic (exact) mass is 389 g/mol. The van der Waals surface area contributed by atoms with Crippen molar-refractivity contribution in [2.24, 2.45) is 0 Å². The van der Waals surface area contributed by atoms with Crippen LogP contribution in [0.1, 0.15) is 12.1 Å². The normalized spacial score (nSPS) is 19.6. The number of anilines is 1. The minimum Gasteiger partial charge on any atom is -0.341 e. The van der Waals surface area contributed by atoms with E-state index in [9.17, 15) is 26.3 Å². The molecule has 120 valence electrons. The van der Waals surface area contributed by atoms with Crippen molar-refractivity contribution >= 4 is 27.4 Å². The summed E-state index contributed by atoms with van der Waals surface area (Å²) in [5, 5.41) is 3.44. The molecule has 0 amide bonds. The molecule has 2 aromatic rings. The van der Waals surface area contributed by atoms with Crippen molar-refractivity contribution in [2.45, 2.75) is 24.8 Å². The summed E-state index contributed by atoms with van der Waals surface area (Å²) in [4.78, 5) is 8.11. The van der Waals surface area contributed by atoms with E-state index in [4.69, 9.17) is 0 Å². The van der Waals surface area contributed by atoms with E-state index in [0.29, 0.717) is 4.52 Å². The molecule has 0 spiro atoms. The Hall–Kier alpha value is -1.59. The smallest absolute Gasteiger partial charge is 0.341 e. The number of fused-ring (bicyclic) bond motifs is 1. The predicted molar refractivity (Wildman–Crippen MR) is 65.3 cm³/mol. The van der Waals surface area contributed by atoms with Gasteiger partial charge in [-0.3, -0.25) is 0 Å². The zero-order valence-corrected chi connectivity index (χ0v) is 12.0. The summed E-state index contributed by atoms with van der Waals surface area (Å²) in [6, 6.07) is -1.79. The molecule has 5 nitrogen and oxygen atoms in total. The Bertz CT molecular complexity index is 723. The van der Waals surface area contributed by atoms with Crippen LogP contribution in [0.25, 0.3) is 5.65 Å². The van der Waals surface area contributed by atoms with Gasteiger partial charge in [0.05, 0.1) is 0 Å². The molecule has 0 unspecified atom stereocenters. The van der Waals surface area contributed by atoms with Gasteiger partial charge in [-0.05, 0) is 22.4 Å². The van der Waals surface area contributed by atoms with Crippen LogP contribution >= 0.6 is 15.9 Å². The van der Waals surface area contributed by atoms with Crippen molar-refractivity contribution in [2.75, 3.05) is 11.4 Å². The molecule has 1 fully saturated rings. The second-order valence-corrected chi connectivity index (χ2v) is 5.36. The van der Waals surface area contributed by atoms with E-state index in [2.05, 4.69) is 31.0 Å². The number of aromatic nitrogens is 4. The van der Waals surface area contributed by atoms with Crippen LogP contribution in [0.3, 0.4) is 0 Å². The summed E-state index contributed by atoms with van der Waals surface area (Å²) in [6.07, 6.45) is -8.59. The molecule has 0 saturated carbocycles. The summed E-state index contributed by atoms with van der Waals surface area (Å²) >= 11 is 2.65. The van der Waals surface area contributed by atoms with E-state index < -0.39 is 28.7 Å². The van der Waals surface area contributed by atoms with E-state index >= 15 is 0 Å². The predicted octanol–water partition coefficient (Wildman–Crippen LogP) is 3.05. The molecule has 2 aromatic heterocycles. The van der Waals surface area contributed by atoms with Crippen LogP contribution in [-0.4, -0.2) is 38.3 Å². The van der Waals surface area contributed by atoms with Gasteiger partial charge in [-0.2, -0.15) is 31.4 Å². The van der Waals surface area contributed by atoms with Crippen LogP contribution in [0, 0.1) is 0 Å². The topological polar surface area (TPSA) is 46.3 Å². The van der Waals surface area contributed by atoms with Crippen molar-refractivity contribution in [3.05, 3.63) is 16.6 Å². The minimum absolute atomic E-state index is 0.0253. The Kier molecular flexibility index (Phi) is 3.27. The summed E-state index contributed by atoms with van der Waals surface area (Å²) < 4.78 is 77.3. The van der Waals surface area contributed by atoms with Gasteiger partial charge in [0.25, 0.3) is 0 Å². The van der Waals surface area contributed by atoms with Crippen LogP contribution in [-0.2, 0) is 6.18 Å². The Morgan fingerprint density at radius 3 is 2.36 bits per heavy atom. The lowest BCUT2D eigenvalue weighted by Gasteiger charge is -2.42. The largest absolute Gasteiger partial charge is 0.436 e. The fourth-order valence-electron chi connectivity index (χ4n) is 2.25. The Balaban J connectivity index is 2.16. The van der Waals surface area contributed by atoms with E-state index in [1.165, 1.54) is 0 Å². The molecule has 3 rings (SSSR count). The first-order valence-electron chi connectivity index (χ1n) is 5.90. The molecular formula is C10H6BrF6N5. The third-order valence-corrected chi connectivity index (χ3v) is 3.85. The maximum atomic E-state index is 13.0. The molecule has 0 aromatic carbocycles. The average Bonchev–Trinajstić information content (AvgIpc) is 2.71. The van der Waals surface area contributed by atoms with Crippen molar-refractivity contribution < 1.29 is 26.3 Å². The summed E-state index contributed by atoms with van der Waals surface area (Å²) in [7, 11) is 0. The van der Waals surface area contributed by atoms with Crippen LogP contribution < -0.4 is 4.90 Å². The lowest BCUT2D eigenvalue weighted by Crippen LogP contribution is -2.56. The molecule has 0 bridgehead atoms. The summed E-state index contributed by atoms with van der Waals surface area (Å²) in [5.74, 6) is -0.286. The zero-order chi connectivity index (χ0) is 16.3. The van der Waals surface area contributed by atoms with Crippen molar-refractivity contribution in [1.29, 1.82) is 0 Å². The third-order valence-electron chi connectivity index (χ3n) is 3.30. The highest BCUT2D eigenvalue weighted by atomic mass is 79.9. The number of hydrogen-bond acceptors (Lipinski definition) is 4. The lowest BCUT2D eigenvalue weighted by atomic mass is 10.0. The first-order chi connectivity index (χ1) is 10.1. The minimum atomic E-state index is -4.78. The van der Waals surface area contributed by atoms with Crippen molar-refractivity contribution in [1.82, 2.24) is 19.6 Å². The maximum Gasteiger partial charge on any atom is 0.436 e. The van der Waals surface area contributed by atoms with Crippen LogP contribution in [0.4, 0.5) is 32.2 Å². The number of rotatable bonds is 1. The van der Waals surface area contributed by atoms with Gasteiger partial charge in [-0.25, -0.2) is 14.5 Å². The Morgan fingerprint density at radius 1 is 1.18 bits per heavy atom. The quantitative estimate of drug-likeness (QED) is 0.703. The Labute approximate surface area is 127 Å². The van der Waals surface area contributed by atoms with Crippen molar-refractivity contribution in [3.8, 4) is 0 Å². The van der Waals surface area contributed by atoms with Gasteiger partial charge in [0.15, 0.2) is 17.2 Å². The average molecular weight is 390 g/mol. The third kappa shape index (κ3) is 2.29. The number of nitrogens with zero attached hydrogens (tertiary/aromatic N) is 5. The van der Waals surface area contributed by atoms with Crippen LogP contribution in [0.2, 0.25) is 0 Å². The molecule has 0 radical (unpaired) electrons. The Morgan fingerprint density at radius 2 is 1.86 bits per heavy atom. The second kappa shape index (κ2) is 4.70. The first-order valence-corrected chi connectivity index (χ1v) is 6.70. The van der Waals surface area contributed by atoms with Gasteiger partial charge in [0.1, 0.15) is 17.0 Å². The molecule has 12 heteroatoms. The van der Waals surface area contributed by atoms with Gasteiger partial charge < -0.3 is 4.90 Å². The van der Waals surface area contributed by atoms with E-state index in [-0.39, 0.29) is 24.4 Å². The number of halogens is 7. The van der Waals surface area contributed by atoms with E-state index in [1.54, 1.807) is 0 Å². The van der Waals surface area contributed by atoms with Gasteiger partial charge in [-0.1, -0.05) is 0 Å². The number of hydrogen-bond donors (Lipinski definition) is 0. The van der Waals surface area contributed by atoms with Crippen LogP contribution in [0.15, 0.2) is 10.9 Å². The fraction of sp³-hybridized carbons (Fsp3) is 0.500. The zero-order valence-electron chi connectivity index (χ0n) is 10.5. The van der Waals surface area contributed by atoms with E-state index in [0.717, 1.165) is 11.2 Å². The van der Waals surface area contributed by atoms with Crippen LogP contribution in [0.5, 0.6) is 0 Å². The first kappa shape index (κ1) is 15.3. The van der Waals surface area contributed by atoms with Crippen molar-refractivity contribution in [3.63, 3.8) is 0 Å². The summed E-state index contributed by atoms with van der Waals surface area (Å²) in [5.41, 5.74) is -1.60. The van der Waals surface area contributed by atoms with Gasteiger partial charge in [0, 0.05) is 6.54 Å². The fourth-order valence-corrected chi connectivity index (χ4v) is 2.81. The lowest BCUT2D eigenvalue weighted by molar-refractivity contribution is -0.160. The molecule has 1 aliphatic rings. The highest BCUT2D eigenvalue weighted by molar-refractivity contribution is 9.10. The van der Waals surface area contributed by atoms with Gasteiger partial charge in [0.2, 0.25) is 0 Å². The molecule has 0 N–H and O–H groups in total. The molecule has 1 saturated heterocycles. The molecule has 22 heavy (non-hydrogen) atoms. The summed E-state index contributed by atoms with van der Waals surface area (Å²) in [6.45, 7) is 0.0253. The second-order valence-electron chi connectivity index (χ2n) is 4.61. The SMILES string of the molecule is FC(F)(F)c1c(Br)nc(N2CC[C@@H]2C(F)(F)F)c2ncnn12. The van der Waals surface area contributed by atoms with Gasteiger partial charge >= 0.3 is 12.4 Å². The molecule has 0 aliphatic carbocycles. The standard InChI is InChI=1S/C10H6BrF6N5/c11-6-5(10(15,16)17)22-7(18-3-19-22)8(20-6)21-2-1-4(21)9(12,13)14/h3-4H,1-2H2/t4-/m1/s1. The maximum absolute atomic E-state index is 13.0. The van der Waals surface area contributed by atoms with Gasteiger partial charge in [-0.15, -0.1) is 0 Å². The molecular weight excluding hydrogens is 384 g/mol. The highest BCUT2D eigenvalue weighted by Gasteiger charge is 2.50. The molecule has 1 atom stereocenters. The van der Waals surface area contributed by atoms with E-state index in [1.807, 2.05) is 0 Å². The highest BCUT2D eigenvalue weighted by Crippen LogP contribution is 2.40. The molecule has 3 heterocycles.